The Bertz CT molecular complexity index is 612. The number of aliphatic hydroxyl groups excluding tert-OH is 1. The van der Waals surface area contributed by atoms with E-state index in [0.717, 1.165) is 5.56 Å². The van der Waals surface area contributed by atoms with Gasteiger partial charge in [0, 0.05) is 13.2 Å². The number of aliphatic hydroxyl groups is 1. The molecule has 0 amide bonds. The summed E-state index contributed by atoms with van der Waals surface area (Å²) in [6, 6.07) is 6.66. The van der Waals surface area contributed by atoms with E-state index in [1.807, 2.05) is 13.8 Å². The van der Waals surface area contributed by atoms with E-state index in [-0.39, 0.29) is 30.5 Å². The van der Waals surface area contributed by atoms with Crippen molar-refractivity contribution in [3.05, 3.63) is 42.0 Å². The van der Waals surface area contributed by atoms with Crippen LogP contribution in [0.4, 0.5) is 0 Å². The first-order chi connectivity index (χ1) is 9.91. The molecule has 0 saturated carbocycles. The normalized spacial score (nSPS) is 13.5. The molecule has 0 spiro atoms. The SMILES string of the molecule is C#CCN(C/C=C/C(C)CO)S(=O)(=O)c1ccc(C)cc1. The summed E-state index contributed by atoms with van der Waals surface area (Å²) < 4.78 is 26.3. The first-order valence-electron chi connectivity index (χ1n) is 6.69. The van der Waals surface area contributed by atoms with Crippen molar-refractivity contribution < 1.29 is 13.5 Å². The summed E-state index contributed by atoms with van der Waals surface area (Å²) in [6.07, 6.45) is 8.75. The van der Waals surface area contributed by atoms with Crippen LogP contribution in [0.5, 0.6) is 0 Å². The van der Waals surface area contributed by atoms with Gasteiger partial charge < -0.3 is 5.11 Å². The number of benzene rings is 1. The van der Waals surface area contributed by atoms with Gasteiger partial charge in [-0.2, -0.15) is 4.31 Å². The Hall–Kier alpha value is -1.61. The van der Waals surface area contributed by atoms with Gasteiger partial charge in [-0.1, -0.05) is 42.7 Å². The Morgan fingerprint density at radius 3 is 2.52 bits per heavy atom. The van der Waals surface area contributed by atoms with E-state index in [9.17, 15) is 8.42 Å². The maximum atomic E-state index is 12.5. The molecule has 0 radical (unpaired) electrons. The van der Waals surface area contributed by atoms with Crippen LogP contribution in [0, 0.1) is 25.2 Å². The zero-order valence-electron chi connectivity index (χ0n) is 12.4. The molecule has 1 atom stereocenters. The van der Waals surface area contributed by atoms with E-state index in [2.05, 4.69) is 5.92 Å². The Labute approximate surface area is 127 Å². The van der Waals surface area contributed by atoms with Crippen molar-refractivity contribution in [3.63, 3.8) is 0 Å². The number of sulfonamides is 1. The molecule has 21 heavy (non-hydrogen) atoms. The van der Waals surface area contributed by atoms with Crippen LogP contribution in [0.1, 0.15) is 12.5 Å². The third-order valence-corrected chi connectivity index (χ3v) is 4.81. The lowest BCUT2D eigenvalue weighted by Crippen LogP contribution is -2.31. The highest BCUT2D eigenvalue weighted by Crippen LogP contribution is 2.16. The quantitative estimate of drug-likeness (QED) is 0.617. The molecular weight excluding hydrogens is 286 g/mol. The van der Waals surface area contributed by atoms with Crippen molar-refractivity contribution >= 4 is 10.0 Å². The lowest BCUT2D eigenvalue weighted by Gasteiger charge is -2.18. The fourth-order valence-corrected chi connectivity index (χ4v) is 2.99. The molecule has 1 aromatic rings. The van der Waals surface area contributed by atoms with Crippen LogP contribution < -0.4 is 0 Å². The fraction of sp³-hybridized carbons (Fsp3) is 0.375. The van der Waals surface area contributed by atoms with Gasteiger partial charge in [-0.15, -0.1) is 6.42 Å². The monoisotopic (exact) mass is 307 g/mol. The Kier molecular flexibility index (Phi) is 6.63. The third-order valence-electron chi connectivity index (χ3n) is 2.99. The maximum absolute atomic E-state index is 12.5. The Morgan fingerprint density at radius 2 is 2.00 bits per heavy atom. The first-order valence-corrected chi connectivity index (χ1v) is 8.13. The van der Waals surface area contributed by atoms with Crippen molar-refractivity contribution in [1.29, 1.82) is 0 Å². The summed E-state index contributed by atoms with van der Waals surface area (Å²) in [4.78, 5) is 0.229. The second-order valence-corrected chi connectivity index (χ2v) is 6.84. The molecule has 1 rings (SSSR count). The zero-order chi connectivity index (χ0) is 15.9. The minimum atomic E-state index is -3.61. The van der Waals surface area contributed by atoms with E-state index >= 15 is 0 Å². The summed E-state index contributed by atoms with van der Waals surface area (Å²) >= 11 is 0. The smallest absolute Gasteiger partial charge is 0.244 e. The molecule has 0 aromatic heterocycles. The van der Waals surface area contributed by atoms with Gasteiger partial charge in [0.25, 0.3) is 0 Å². The second-order valence-electron chi connectivity index (χ2n) is 4.90. The van der Waals surface area contributed by atoms with Gasteiger partial charge in [0.2, 0.25) is 10.0 Å². The van der Waals surface area contributed by atoms with Crippen LogP contribution in [-0.2, 0) is 10.0 Å². The highest BCUT2D eigenvalue weighted by molar-refractivity contribution is 7.89. The van der Waals surface area contributed by atoms with Gasteiger partial charge in [-0.3, -0.25) is 0 Å². The molecule has 1 aromatic carbocycles. The highest BCUT2D eigenvalue weighted by Gasteiger charge is 2.22. The predicted octanol–water partition coefficient (Wildman–Crippen LogP) is 1.80. The molecule has 4 nitrogen and oxygen atoms in total. The van der Waals surface area contributed by atoms with Crippen molar-refractivity contribution in [2.75, 3.05) is 19.7 Å². The average molecular weight is 307 g/mol. The maximum Gasteiger partial charge on any atom is 0.244 e. The zero-order valence-corrected chi connectivity index (χ0v) is 13.2. The van der Waals surface area contributed by atoms with E-state index in [1.54, 1.807) is 36.4 Å². The van der Waals surface area contributed by atoms with Crippen LogP contribution in [0.15, 0.2) is 41.3 Å². The molecule has 0 bridgehead atoms. The summed E-state index contributed by atoms with van der Waals surface area (Å²) in [5.41, 5.74) is 0.995. The van der Waals surface area contributed by atoms with E-state index in [0.29, 0.717) is 0 Å². The van der Waals surface area contributed by atoms with Crippen molar-refractivity contribution in [3.8, 4) is 12.3 Å². The minimum Gasteiger partial charge on any atom is -0.396 e. The summed E-state index contributed by atoms with van der Waals surface area (Å²) in [6.45, 7) is 3.96. The lowest BCUT2D eigenvalue weighted by atomic mass is 10.2. The van der Waals surface area contributed by atoms with Gasteiger partial charge in [-0.25, -0.2) is 8.42 Å². The van der Waals surface area contributed by atoms with Crippen molar-refractivity contribution in [2.24, 2.45) is 5.92 Å². The molecule has 0 aliphatic heterocycles. The number of hydrogen-bond donors (Lipinski definition) is 1. The fourth-order valence-electron chi connectivity index (χ4n) is 1.68. The van der Waals surface area contributed by atoms with Crippen LogP contribution in [0.2, 0.25) is 0 Å². The predicted molar refractivity (Wildman–Crippen MR) is 84.2 cm³/mol. The largest absolute Gasteiger partial charge is 0.396 e. The third kappa shape index (κ3) is 5.01. The molecule has 0 saturated heterocycles. The molecule has 5 heteroatoms. The number of hydrogen-bond acceptors (Lipinski definition) is 3. The summed E-state index contributed by atoms with van der Waals surface area (Å²) in [5, 5.41) is 8.95. The van der Waals surface area contributed by atoms with Gasteiger partial charge in [0.1, 0.15) is 0 Å². The van der Waals surface area contributed by atoms with Crippen LogP contribution in [0.3, 0.4) is 0 Å². The number of nitrogens with zero attached hydrogens (tertiary/aromatic N) is 1. The van der Waals surface area contributed by atoms with Gasteiger partial charge in [0.05, 0.1) is 11.4 Å². The Balaban J connectivity index is 2.96. The number of aryl methyl sites for hydroxylation is 1. The van der Waals surface area contributed by atoms with Gasteiger partial charge in [-0.05, 0) is 25.0 Å². The molecule has 1 unspecified atom stereocenters. The van der Waals surface area contributed by atoms with Gasteiger partial charge >= 0.3 is 0 Å². The average Bonchev–Trinajstić information content (AvgIpc) is 2.46. The topological polar surface area (TPSA) is 57.6 Å². The number of rotatable bonds is 7. The number of terminal acetylenes is 1. The second kappa shape index (κ2) is 7.99. The molecule has 1 N–H and O–H groups in total. The molecule has 0 aliphatic rings. The molecule has 114 valence electrons. The first kappa shape index (κ1) is 17.4. The van der Waals surface area contributed by atoms with Crippen LogP contribution >= 0.6 is 0 Å². The van der Waals surface area contributed by atoms with Crippen molar-refractivity contribution in [2.45, 2.75) is 18.7 Å². The molecular formula is C16H21NO3S. The standard InChI is InChI=1S/C16H21NO3S/c1-4-11-17(12-5-6-15(3)13-18)21(19,20)16-9-7-14(2)8-10-16/h1,5-10,15,18H,11-13H2,2-3H3/b6-5+. The summed E-state index contributed by atoms with van der Waals surface area (Å²) in [5.74, 6) is 2.36. The van der Waals surface area contributed by atoms with Crippen molar-refractivity contribution in [1.82, 2.24) is 4.31 Å². The summed E-state index contributed by atoms with van der Waals surface area (Å²) in [7, 11) is -3.61. The molecule has 0 aliphatic carbocycles. The highest BCUT2D eigenvalue weighted by atomic mass is 32.2. The molecule has 0 heterocycles. The Morgan fingerprint density at radius 1 is 1.38 bits per heavy atom. The molecule has 0 fully saturated rings. The minimum absolute atomic E-state index is 0.00799. The van der Waals surface area contributed by atoms with E-state index in [1.165, 1.54) is 4.31 Å². The van der Waals surface area contributed by atoms with E-state index in [4.69, 9.17) is 11.5 Å². The lowest BCUT2D eigenvalue weighted by molar-refractivity contribution is 0.261. The van der Waals surface area contributed by atoms with Gasteiger partial charge in [0.15, 0.2) is 0 Å². The van der Waals surface area contributed by atoms with Crippen LogP contribution in [0.25, 0.3) is 0 Å². The van der Waals surface area contributed by atoms with E-state index < -0.39 is 10.0 Å². The van der Waals surface area contributed by atoms with Crippen LogP contribution in [-0.4, -0.2) is 37.5 Å².